The van der Waals surface area contributed by atoms with Gasteiger partial charge in [0.15, 0.2) is 0 Å². The first-order chi connectivity index (χ1) is 4.31. The van der Waals surface area contributed by atoms with Crippen LogP contribution in [0.5, 0.6) is 0 Å². The summed E-state index contributed by atoms with van der Waals surface area (Å²) in [5.74, 6) is -0.326. The van der Waals surface area contributed by atoms with Gasteiger partial charge in [-0.3, -0.25) is 0 Å². The van der Waals surface area contributed by atoms with Gasteiger partial charge >= 0.3 is 57.4 Å². The monoisotopic (exact) mass is 166 g/mol. The first kappa shape index (κ1) is 13.2. The molecule has 0 unspecified atom stereocenters. The van der Waals surface area contributed by atoms with Gasteiger partial charge in [0.25, 0.3) is 0 Å². The number of hydrogen-bond donors (Lipinski definition) is 0. The number of allylic oxidation sites excluding steroid dienone is 3. The van der Waals surface area contributed by atoms with Crippen LogP contribution in [-0.2, 0) is 9.53 Å². The van der Waals surface area contributed by atoms with Crippen LogP contribution >= 0.6 is 0 Å². The second kappa shape index (κ2) is 9.59. The molecule has 0 N–H and O–H groups in total. The Morgan fingerprint density at radius 1 is 1.40 bits per heavy atom. The quantitative estimate of drug-likeness (QED) is 0.260. The Bertz CT molecular complexity index is 139. The summed E-state index contributed by atoms with van der Waals surface area (Å²) in [6.07, 6.45) is 6.59. The molecule has 0 aliphatic carbocycles. The second-order valence-corrected chi connectivity index (χ2v) is 1.41. The maximum atomic E-state index is 10.3. The predicted octanol–water partition coefficient (Wildman–Crippen LogP) is 0.643. The van der Waals surface area contributed by atoms with Gasteiger partial charge in [-0.25, -0.2) is 4.79 Å². The summed E-state index contributed by atoms with van der Waals surface area (Å²) in [7, 11) is 1.35. The third-order valence-electron chi connectivity index (χ3n) is 0.737. The summed E-state index contributed by atoms with van der Waals surface area (Å²) in [5.41, 5.74) is 0. The number of rotatable bonds is 2. The van der Waals surface area contributed by atoms with E-state index in [-0.39, 0.29) is 57.4 Å². The molecule has 0 amide bonds. The van der Waals surface area contributed by atoms with Crippen molar-refractivity contribution in [2.45, 2.75) is 6.92 Å². The van der Waals surface area contributed by atoms with Crippen LogP contribution in [0.15, 0.2) is 24.3 Å². The van der Waals surface area contributed by atoms with Gasteiger partial charge in [0.1, 0.15) is 0 Å². The predicted molar refractivity (Wildman–Crippen MR) is 43.1 cm³/mol. The number of carbonyl (C=O) groups excluding carboxylic acids is 1. The number of methoxy groups -OCH3 is 1. The molecular formula is C7H11KO2. The van der Waals surface area contributed by atoms with Gasteiger partial charge in [0, 0.05) is 6.08 Å². The van der Waals surface area contributed by atoms with Crippen LogP contribution in [0.3, 0.4) is 0 Å². The van der Waals surface area contributed by atoms with Crippen LogP contribution in [-0.4, -0.2) is 64.5 Å². The van der Waals surface area contributed by atoms with Crippen molar-refractivity contribution in [1.29, 1.82) is 0 Å². The van der Waals surface area contributed by atoms with E-state index >= 15 is 0 Å². The zero-order valence-electron chi connectivity index (χ0n) is 5.63. The average molecular weight is 166 g/mol. The van der Waals surface area contributed by atoms with Gasteiger partial charge in [-0.1, -0.05) is 18.2 Å². The normalized spacial score (nSPS) is 9.80. The van der Waals surface area contributed by atoms with Gasteiger partial charge < -0.3 is 4.74 Å². The fourth-order valence-electron chi connectivity index (χ4n) is 0.313. The molecule has 0 aromatic rings. The number of ether oxygens (including phenoxy) is 1. The SMILES string of the molecule is CC=CC=CC(=O)OC.[KH]. The van der Waals surface area contributed by atoms with Crippen molar-refractivity contribution in [2.24, 2.45) is 0 Å². The van der Waals surface area contributed by atoms with Gasteiger partial charge in [0.05, 0.1) is 7.11 Å². The molecular weight excluding hydrogens is 155 g/mol. The molecule has 0 fully saturated rings. The summed E-state index contributed by atoms with van der Waals surface area (Å²) in [6.45, 7) is 1.88. The molecule has 0 aliphatic rings. The van der Waals surface area contributed by atoms with Crippen LogP contribution in [0.25, 0.3) is 0 Å². The Balaban J connectivity index is 0. The van der Waals surface area contributed by atoms with Crippen LogP contribution in [0.1, 0.15) is 6.92 Å². The molecule has 0 spiro atoms. The third-order valence-corrected chi connectivity index (χ3v) is 0.737. The molecule has 0 saturated carbocycles. The zero-order valence-corrected chi connectivity index (χ0v) is 5.63. The topological polar surface area (TPSA) is 26.3 Å². The van der Waals surface area contributed by atoms with Crippen molar-refractivity contribution in [3.63, 3.8) is 0 Å². The van der Waals surface area contributed by atoms with Crippen LogP contribution in [0, 0.1) is 0 Å². The van der Waals surface area contributed by atoms with Crippen molar-refractivity contribution in [2.75, 3.05) is 7.11 Å². The van der Waals surface area contributed by atoms with Gasteiger partial charge in [-0.05, 0) is 6.92 Å². The summed E-state index contributed by atoms with van der Waals surface area (Å²) < 4.78 is 4.34. The summed E-state index contributed by atoms with van der Waals surface area (Å²) in [4.78, 5) is 10.3. The van der Waals surface area contributed by atoms with E-state index in [9.17, 15) is 4.79 Å². The van der Waals surface area contributed by atoms with E-state index in [2.05, 4.69) is 4.74 Å². The number of carbonyl (C=O) groups is 1. The standard InChI is InChI=1S/C7H10O2.K.H/c1-3-4-5-6-7(8)9-2;;/h3-6H,1-2H3;;. The molecule has 0 atom stereocenters. The molecule has 0 bridgehead atoms. The van der Waals surface area contributed by atoms with Crippen molar-refractivity contribution in [3.05, 3.63) is 24.3 Å². The molecule has 0 rings (SSSR count). The van der Waals surface area contributed by atoms with Gasteiger partial charge in [-0.15, -0.1) is 0 Å². The van der Waals surface area contributed by atoms with Gasteiger partial charge in [-0.2, -0.15) is 0 Å². The number of esters is 1. The van der Waals surface area contributed by atoms with E-state index in [0.29, 0.717) is 0 Å². The van der Waals surface area contributed by atoms with E-state index in [4.69, 9.17) is 0 Å². The fourth-order valence-corrected chi connectivity index (χ4v) is 0.313. The average Bonchev–Trinajstić information content (AvgIpc) is 1.89. The van der Waals surface area contributed by atoms with Crippen molar-refractivity contribution in [1.82, 2.24) is 0 Å². The molecule has 2 nitrogen and oxygen atoms in total. The fraction of sp³-hybridized carbons (Fsp3) is 0.286. The molecule has 0 aromatic heterocycles. The van der Waals surface area contributed by atoms with E-state index in [1.54, 1.807) is 12.2 Å². The van der Waals surface area contributed by atoms with Crippen LogP contribution in [0.2, 0.25) is 0 Å². The molecule has 3 heteroatoms. The molecule has 52 valence electrons. The Morgan fingerprint density at radius 2 is 2.00 bits per heavy atom. The van der Waals surface area contributed by atoms with E-state index in [1.807, 2.05) is 13.0 Å². The number of hydrogen-bond acceptors (Lipinski definition) is 2. The molecule has 10 heavy (non-hydrogen) atoms. The molecule has 0 radical (unpaired) electrons. The van der Waals surface area contributed by atoms with Crippen LogP contribution < -0.4 is 0 Å². The second-order valence-electron chi connectivity index (χ2n) is 1.41. The van der Waals surface area contributed by atoms with E-state index < -0.39 is 0 Å². The third kappa shape index (κ3) is 8.59. The Labute approximate surface area is 104 Å². The van der Waals surface area contributed by atoms with Crippen molar-refractivity contribution < 1.29 is 9.53 Å². The minimum atomic E-state index is -0.326. The van der Waals surface area contributed by atoms with Crippen LogP contribution in [0.4, 0.5) is 0 Å². The minimum absolute atomic E-state index is 0. The Hall–Kier alpha value is 0.586. The molecule has 0 aromatic carbocycles. The summed E-state index contributed by atoms with van der Waals surface area (Å²) in [5, 5.41) is 0. The molecule has 0 saturated heterocycles. The van der Waals surface area contributed by atoms with E-state index in [0.717, 1.165) is 0 Å². The first-order valence-corrected chi connectivity index (χ1v) is 2.68. The Kier molecular flexibility index (Phi) is 12.6. The maximum absolute atomic E-state index is 10.3. The van der Waals surface area contributed by atoms with E-state index in [1.165, 1.54) is 13.2 Å². The zero-order chi connectivity index (χ0) is 7.11. The Morgan fingerprint density at radius 3 is 2.40 bits per heavy atom. The summed E-state index contributed by atoms with van der Waals surface area (Å²) >= 11 is 0. The first-order valence-electron chi connectivity index (χ1n) is 2.68. The van der Waals surface area contributed by atoms with Crippen molar-refractivity contribution >= 4 is 57.4 Å². The van der Waals surface area contributed by atoms with Crippen molar-refractivity contribution in [3.8, 4) is 0 Å². The summed E-state index contributed by atoms with van der Waals surface area (Å²) in [6, 6.07) is 0. The molecule has 0 aliphatic heterocycles. The molecule has 0 heterocycles. The van der Waals surface area contributed by atoms with Gasteiger partial charge in [0.2, 0.25) is 0 Å².